The van der Waals surface area contributed by atoms with E-state index in [2.05, 4.69) is 19.9 Å². The first-order valence-corrected chi connectivity index (χ1v) is 8.61. The number of methoxy groups -OCH3 is 1. The molecule has 7 heteroatoms. The quantitative estimate of drug-likeness (QED) is 0.821. The predicted molar refractivity (Wildman–Crippen MR) is 91.5 cm³/mol. The lowest BCUT2D eigenvalue weighted by Crippen LogP contribution is -2.52. The third-order valence-corrected chi connectivity index (χ3v) is 4.84. The fourth-order valence-electron chi connectivity index (χ4n) is 3.65. The van der Waals surface area contributed by atoms with E-state index < -0.39 is 0 Å². The van der Waals surface area contributed by atoms with Crippen molar-refractivity contribution in [2.75, 3.05) is 25.2 Å². The first kappa shape index (κ1) is 16.2. The van der Waals surface area contributed by atoms with E-state index in [1.807, 2.05) is 24.3 Å². The Labute approximate surface area is 147 Å². The molecule has 2 fully saturated rings. The summed E-state index contributed by atoms with van der Waals surface area (Å²) in [6, 6.07) is 8.01. The highest BCUT2D eigenvalue weighted by Gasteiger charge is 2.44. The van der Waals surface area contributed by atoms with Crippen LogP contribution in [0, 0.1) is 0 Å². The van der Waals surface area contributed by atoms with Crippen LogP contribution in [-0.2, 0) is 16.1 Å². The third kappa shape index (κ3) is 3.43. The van der Waals surface area contributed by atoms with Crippen molar-refractivity contribution < 1.29 is 14.2 Å². The second-order valence-corrected chi connectivity index (χ2v) is 6.26. The number of aromatic nitrogens is 3. The molecule has 25 heavy (non-hydrogen) atoms. The van der Waals surface area contributed by atoms with Crippen LogP contribution in [0.1, 0.15) is 18.5 Å². The van der Waals surface area contributed by atoms with Crippen molar-refractivity contribution in [2.24, 2.45) is 0 Å². The molecule has 0 bridgehead atoms. The molecule has 2 aliphatic rings. The van der Waals surface area contributed by atoms with E-state index in [1.165, 1.54) is 0 Å². The van der Waals surface area contributed by atoms with Crippen molar-refractivity contribution in [2.45, 2.75) is 37.7 Å². The molecule has 4 rings (SSSR count). The second kappa shape index (κ2) is 7.33. The van der Waals surface area contributed by atoms with E-state index in [0.717, 1.165) is 30.9 Å². The maximum Gasteiger partial charge on any atom is 0.218 e. The van der Waals surface area contributed by atoms with Crippen LogP contribution < -0.4 is 9.64 Å². The highest BCUT2D eigenvalue weighted by molar-refractivity contribution is 5.43. The van der Waals surface area contributed by atoms with Gasteiger partial charge in [0.15, 0.2) is 0 Å². The number of nitrogens with zero attached hydrogens (tertiary/aromatic N) is 4. The number of anilines is 1. The van der Waals surface area contributed by atoms with Gasteiger partial charge in [-0.25, -0.2) is 9.97 Å². The Morgan fingerprint density at radius 2 is 2.20 bits per heavy atom. The lowest BCUT2D eigenvalue weighted by molar-refractivity contribution is -0.0777. The van der Waals surface area contributed by atoms with Crippen LogP contribution in [0.25, 0.3) is 0 Å². The zero-order valence-corrected chi connectivity index (χ0v) is 14.2. The Kier molecular flexibility index (Phi) is 4.76. The van der Waals surface area contributed by atoms with Crippen LogP contribution in [0.2, 0.25) is 0 Å². The van der Waals surface area contributed by atoms with Crippen molar-refractivity contribution in [1.82, 2.24) is 15.0 Å². The van der Waals surface area contributed by atoms with Gasteiger partial charge in [0.1, 0.15) is 18.2 Å². The van der Waals surface area contributed by atoms with E-state index in [0.29, 0.717) is 19.1 Å². The fourth-order valence-corrected chi connectivity index (χ4v) is 3.65. The molecule has 1 saturated heterocycles. The zero-order valence-electron chi connectivity index (χ0n) is 14.2. The summed E-state index contributed by atoms with van der Waals surface area (Å²) in [6.45, 7) is 1.99. The molecule has 132 valence electrons. The smallest absolute Gasteiger partial charge is 0.218 e. The number of morpholine rings is 1. The molecule has 3 heterocycles. The number of rotatable bonds is 5. The first-order chi connectivity index (χ1) is 12.3. The van der Waals surface area contributed by atoms with Crippen LogP contribution in [0.15, 0.2) is 36.8 Å². The molecule has 0 amide bonds. The van der Waals surface area contributed by atoms with Gasteiger partial charge in [0.05, 0.1) is 38.2 Å². The van der Waals surface area contributed by atoms with Gasteiger partial charge in [0, 0.05) is 18.8 Å². The number of pyridine rings is 1. The summed E-state index contributed by atoms with van der Waals surface area (Å²) in [7, 11) is 1.62. The number of ether oxygens (including phenoxy) is 3. The van der Waals surface area contributed by atoms with Crippen LogP contribution in [-0.4, -0.2) is 53.5 Å². The van der Waals surface area contributed by atoms with Gasteiger partial charge in [-0.3, -0.25) is 4.98 Å². The van der Waals surface area contributed by atoms with Crippen LogP contribution in [0.3, 0.4) is 0 Å². The molecule has 1 aliphatic heterocycles. The Morgan fingerprint density at radius 1 is 1.24 bits per heavy atom. The van der Waals surface area contributed by atoms with E-state index in [4.69, 9.17) is 14.2 Å². The molecule has 0 N–H and O–H groups in total. The molecule has 0 aromatic carbocycles. The summed E-state index contributed by atoms with van der Waals surface area (Å²) in [6.07, 6.45) is 5.46. The van der Waals surface area contributed by atoms with Crippen molar-refractivity contribution in [1.29, 1.82) is 0 Å². The SMILES string of the molecule is COc1cc(N2CCO[C@H]3[C@H](OCc4ccccn4)CC[C@@H]32)ncn1. The third-order valence-electron chi connectivity index (χ3n) is 4.84. The number of hydrogen-bond acceptors (Lipinski definition) is 7. The molecule has 1 saturated carbocycles. The van der Waals surface area contributed by atoms with Gasteiger partial charge in [0.2, 0.25) is 5.88 Å². The van der Waals surface area contributed by atoms with Gasteiger partial charge < -0.3 is 19.1 Å². The van der Waals surface area contributed by atoms with Crippen molar-refractivity contribution in [3.63, 3.8) is 0 Å². The van der Waals surface area contributed by atoms with Gasteiger partial charge in [-0.2, -0.15) is 0 Å². The fraction of sp³-hybridized carbons (Fsp3) is 0.500. The van der Waals surface area contributed by atoms with E-state index in [1.54, 1.807) is 19.6 Å². The van der Waals surface area contributed by atoms with E-state index in [-0.39, 0.29) is 18.2 Å². The topological polar surface area (TPSA) is 69.6 Å². The molecular formula is C18H22N4O3. The Balaban J connectivity index is 1.44. The highest BCUT2D eigenvalue weighted by atomic mass is 16.5. The van der Waals surface area contributed by atoms with Crippen molar-refractivity contribution >= 4 is 5.82 Å². The van der Waals surface area contributed by atoms with Crippen molar-refractivity contribution in [3.8, 4) is 5.88 Å². The standard InChI is InChI=1S/C18H22N4O3/c1-23-17-10-16(20-12-21-17)22-8-9-24-18-14(22)5-6-15(18)25-11-13-4-2-3-7-19-13/h2-4,7,10,12,14-15,18H,5-6,8-9,11H2,1H3/t14-,15+,18+/m0/s1. The molecular weight excluding hydrogens is 320 g/mol. The summed E-state index contributed by atoms with van der Waals surface area (Å²) in [5.41, 5.74) is 0.944. The van der Waals surface area contributed by atoms with Crippen molar-refractivity contribution in [3.05, 3.63) is 42.5 Å². The lowest BCUT2D eigenvalue weighted by atomic mass is 10.1. The summed E-state index contributed by atoms with van der Waals surface area (Å²) in [5.74, 6) is 1.46. The molecule has 1 aliphatic carbocycles. The Bertz CT molecular complexity index is 700. The molecule has 0 spiro atoms. The minimum Gasteiger partial charge on any atom is -0.481 e. The summed E-state index contributed by atoms with van der Waals surface area (Å²) < 4.78 is 17.4. The number of fused-ring (bicyclic) bond motifs is 1. The van der Waals surface area contributed by atoms with Gasteiger partial charge in [-0.15, -0.1) is 0 Å². The Morgan fingerprint density at radius 3 is 3.04 bits per heavy atom. The number of hydrogen-bond donors (Lipinski definition) is 0. The minimum absolute atomic E-state index is 0.0541. The zero-order chi connectivity index (χ0) is 17.1. The van der Waals surface area contributed by atoms with Crippen LogP contribution >= 0.6 is 0 Å². The average Bonchev–Trinajstić information content (AvgIpc) is 3.10. The largest absolute Gasteiger partial charge is 0.481 e. The van der Waals surface area contributed by atoms with E-state index in [9.17, 15) is 0 Å². The Hall–Kier alpha value is -2.25. The molecule has 0 unspecified atom stereocenters. The first-order valence-electron chi connectivity index (χ1n) is 8.61. The lowest BCUT2D eigenvalue weighted by Gasteiger charge is -2.39. The molecule has 3 atom stereocenters. The second-order valence-electron chi connectivity index (χ2n) is 6.26. The van der Waals surface area contributed by atoms with Gasteiger partial charge in [-0.05, 0) is 25.0 Å². The summed E-state index contributed by atoms with van der Waals surface area (Å²) in [4.78, 5) is 15.1. The molecule has 7 nitrogen and oxygen atoms in total. The van der Waals surface area contributed by atoms with Gasteiger partial charge >= 0.3 is 0 Å². The van der Waals surface area contributed by atoms with E-state index >= 15 is 0 Å². The predicted octanol–water partition coefficient (Wildman–Crippen LogP) is 1.83. The highest BCUT2D eigenvalue weighted by Crippen LogP contribution is 2.35. The van der Waals surface area contributed by atoms with Crippen LogP contribution in [0.5, 0.6) is 5.88 Å². The summed E-state index contributed by atoms with van der Waals surface area (Å²) in [5, 5.41) is 0. The van der Waals surface area contributed by atoms with Gasteiger partial charge in [-0.1, -0.05) is 6.07 Å². The normalized spacial score (nSPS) is 25.6. The molecule has 0 radical (unpaired) electrons. The minimum atomic E-state index is 0.0541. The van der Waals surface area contributed by atoms with Crippen LogP contribution in [0.4, 0.5) is 5.82 Å². The summed E-state index contributed by atoms with van der Waals surface area (Å²) >= 11 is 0. The van der Waals surface area contributed by atoms with Gasteiger partial charge in [0.25, 0.3) is 0 Å². The molecule has 2 aromatic heterocycles. The average molecular weight is 342 g/mol. The molecule has 2 aromatic rings. The maximum atomic E-state index is 6.12. The monoisotopic (exact) mass is 342 g/mol. The maximum absolute atomic E-state index is 6.12.